The molecule has 1 fully saturated rings. The fraction of sp³-hybridized carbons (Fsp3) is 0.500. The molecule has 1 aromatic rings. The molecule has 1 aliphatic rings. The van der Waals surface area contributed by atoms with Crippen LogP contribution >= 0.6 is 11.6 Å². The molecule has 0 bridgehead atoms. The van der Waals surface area contributed by atoms with Gasteiger partial charge in [0.15, 0.2) is 0 Å². The topological polar surface area (TPSA) is 40.5 Å². The monoisotopic (exact) mass is 226 g/mol. The van der Waals surface area contributed by atoms with Gasteiger partial charge in [-0.3, -0.25) is 0 Å². The highest BCUT2D eigenvalue weighted by Crippen LogP contribution is 2.42. The molecule has 3 heteroatoms. The second-order valence-corrected chi connectivity index (χ2v) is 4.60. The minimum atomic E-state index is 0.0251. The number of hydrogen-bond donors (Lipinski definition) is 2. The first-order chi connectivity index (χ1) is 7.18. The summed E-state index contributed by atoms with van der Waals surface area (Å²) >= 11 is 6.05. The molecule has 2 N–H and O–H groups in total. The predicted molar refractivity (Wildman–Crippen MR) is 60.6 cm³/mol. The van der Waals surface area contributed by atoms with Crippen LogP contribution in [0.25, 0.3) is 0 Å². The summed E-state index contributed by atoms with van der Waals surface area (Å²) in [6, 6.07) is 2.88. The van der Waals surface area contributed by atoms with Gasteiger partial charge in [0.2, 0.25) is 0 Å². The van der Waals surface area contributed by atoms with E-state index >= 15 is 0 Å². The molecule has 0 unspecified atom stereocenters. The summed E-state index contributed by atoms with van der Waals surface area (Å²) < 4.78 is 0. The minimum Gasteiger partial charge on any atom is -0.508 e. The Kier molecular flexibility index (Phi) is 3.06. The van der Waals surface area contributed by atoms with E-state index in [4.69, 9.17) is 11.6 Å². The van der Waals surface area contributed by atoms with E-state index in [1.807, 2.05) is 0 Å². The average molecular weight is 227 g/mol. The minimum absolute atomic E-state index is 0.0251. The fourth-order valence-electron chi connectivity index (χ4n) is 2.38. The van der Waals surface area contributed by atoms with Crippen molar-refractivity contribution in [1.29, 1.82) is 0 Å². The van der Waals surface area contributed by atoms with Crippen molar-refractivity contribution in [2.24, 2.45) is 0 Å². The molecular weight excluding hydrogens is 212 g/mol. The number of benzene rings is 1. The SMILES string of the molecule is Oc1cc(O)c(C2CCCCC2)c(Cl)c1. The number of hydrogen-bond acceptors (Lipinski definition) is 2. The standard InChI is InChI=1S/C12H15ClO2/c13-10-6-9(14)7-11(15)12(10)8-4-2-1-3-5-8/h6-8,14-15H,1-5H2. The summed E-state index contributed by atoms with van der Waals surface area (Å²) in [7, 11) is 0. The van der Waals surface area contributed by atoms with E-state index in [0.29, 0.717) is 10.9 Å². The van der Waals surface area contributed by atoms with E-state index in [-0.39, 0.29) is 11.5 Å². The van der Waals surface area contributed by atoms with Crippen LogP contribution < -0.4 is 0 Å². The molecule has 0 aromatic heterocycles. The molecular formula is C12H15ClO2. The highest BCUT2D eigenvalue weighted by Gasteiger charge is 2.21. The normalized spacial score (nSPS) is 17.9. The molecule has 0 spiro atoms. The predicted octanol–water partition coefficient (Wildman–Crippen LogP) is 3.80. The number of phenols is 2. The van der Waals surface area contributed by atoms with E-state index < -0.39 is 0 Å². The smallest absolute Gasteiger partial charge is 0.124 e. The van der Waals surface area contributed by atoms with Gasteiger partial charge < -0.3 is 10.2 Å². The zero-order valence-electron chi connectivity index (χ0n) is 8.54. The quantitative estimate of drug-likeness (QED) is 0.765. The molecule has 2 rings (SSSR count). The van der Waals surface area contributed by atoms with Crippen molar-refractivity contribution in [3.8, 4) is 11.5 Å². The molecule has 0 aliphatic heterocycles. The Hall–Kier alpha value is -0.890. The lowest BCUT2D eigenvalue weighted by molar-refractivity contribution is 0.409. The van der Waals surface area contributed by atoms with Crippen LogP contribution in [-0.4, -0.2) is 10.2 Å². The van der Waals surface area contributed by atoms with Crippen LogP contribution in [0.2, 0.25) is 5.02 Å². The van der Waals surface area contributed by atoms with Crippen LogP contribution in [-0.2, 0) is 0 Å². The van der Waals surface area contributed by atoms with Crippen LogP contribution in [0.5, 0.6) is 11.5 Å². The van der Waals surface area contributed by atoms with Gasteiger partial charge in [-0.25, -0.2) is 0 Å². The third-order valence-electron chi connectivity index (χ3n) is 3.11. The third kappa shape index (κ3) is 2.20. The van der Waals surface area contributed by atoms with Crippen LogP contribution in [0.15, 0.2) is 12.1 Å². The van der Waals surface area contributed by atoms with Crippen LogP contribution in [0.3, 0.4) is 0 Å². The van der Waals surface area contributed by atoms with Crippen molar-refractivity contribution in [2.45, 2.75) is 38.0 Å². The maximum atomic E-state index is 9.78. The summed E-state index contributed by atoms with van der Waals surface area (Å²) in [5.74, 6) is 0.510. The average Bonchev–Trinajstić information content (AvgIpc) is 2.17. The van der Waals surface area contributed by atoms with Crippen LogP contribution in [0.4, 0.5) is 0 Å². The van der Waals surface area contributed by atoms with Crippen molar-refractivity contribution >= 4 is 11.6 Å². The number of aromatic hydroxyl groups is 2. The van der Waals surface area contributed by atoms with Gasteiger partial charge in [0.1, 0.15) is 11.5 Å². The van der Waals surface area contributed by atoms with E-state index in [1.54, 1.807) is 0 Å². The second kappa shape index (κ2) is 4.31. The number of rotatable bonds is 1. The molecule has 82 valence electrons. The Balaban J connectivity index is 2.33. The van der Waals surface area contributed by atoms with E-state index in [9.17, 15) is 10.2 Å². The molecule has 1 saturated carbocycles. The highest BCUT2D eigenvalue weighted by atomic mass is 35.5. The van der Waals surface area contributed by atoms with Gasteiger partial charge in [0.05, 0.1) is 5.02 Å². The van der Waals surface area contributed by atoms with Gasteiger partial charge in [0, 0.05) is 11.6 Å². The molecule has 0 radical (unpaired) electrons. The Labute approximate surface area is 94.5 Å². The van der Waals surface area contributed by atoms with Crippen molar-refractivity contribution in [2.75, 3.05) is 0 Å². The Bertz CT molecular complexity index is 334. The van der Waals surface area contributed by atoms with E-state index in [2.05, 4.69) is 0 Å². The lowest BCUT2D eigenvalue weighted by Gasteiger charge is -2.23. The molecule has 1 aromatic carbocycles. The molecule has 0 amide bonds. The number of halogens is 1. The van der Waals surface area contributed by atoms with Crippen molar-refractivity contribution in [1.82, 2.24) is 0 Å². The summed E-state index contributed by atoms with van der Waals surface area (Å²) in [5.41, 5.74) is 0.814. The van der Waals surface area contributed by atoms with Gasteiger partial charge in [-0.2, -0.15) is 0 Å². The molecule has 0 saturated heterocycles. The van der Waals surface area contributed by atoms with Crippen LogP contribution in [0.1, 0.15) is 43.6 Å². The van der Waals surface area contributed by atoms with Gasteiger partial charge in [-0.15, -0.1) is 0 Å². The lowest BCUT2D eigenvalue weighted by Crippen LogP contribution is -2.05. The molecule has 0 heterocycles. The summed E-state index contributed by atoms with van der Waals surface area (Å²) in [5, 5.41) is 19.5. The maximum Gasteiger partial charge on any atom is 0.124 e. The summed E-state index contributed by atoms with van der Waals surface area (Å²) in [6.45, 7) is 0. The van der Waals surface area contributed by atoms with Crippen molar-refractivity contribution in [3.63, 3.8) is 0 Å². The Morgan fingerprint density at radius 1 is 1.07 bits per heavy atom. The summed E-state index contributed by atoms with van der Waals surface area (Å²) in [6.07, 6.45) is 5.83. The Morgan fingerprint density at radius 3 is 2.33 bits per heavy atom. The first-order valence-corrected chi connectivity index (χ1v) is 5.77. The van der Waals surface area contributed by atoms with Gasteiger partial charge in [-0.1, -0.05) is 30.9 Å². The van der Waals surface area contributed by atoms with E-state index in [0.717, 1.165) is 18.4 Å². The number of phenolic OH excluding ortho intramolecular Hbond substituents is 2. The second-order valence-electron chi connectivity index (χ2n) is 4.20. The third-order valence-corrected chi connectivity index (χ3v) is 3.42. The van der Waals surface area contributed by atoms with Gasteiger partial charge >= 0.3 is 0 Å². The van der Waals surface area contributed by atoms with Crippen molar-refractivity contribution < 1.29 is 10.2 Å². The molecule has 15 heavy (non-hydrogen) atoms. The van der Waals surface area contributed by atoms with Gasteiger partial charge in [0.25, 0.3) is 0 Å². The molecule has 1 aliphatic carbocycles. The summed E-state index contributed by atoms with van der Waals surface area (Å²) in [4.78, 5) is 0. The molecule has 0 atom stereocenters. The van der Waals surface area contributed by atoms with Crippen molar-refractivity contribution in [3.05, 3.63) is 22.7 Å². The first kappa shape index (κ1) is 10.6. The van der Waals surface area contributed by atoms with Crippen LogP contribution in [0, 0.1) is 0 Å². The zero-order valence-corrected chi connectivity index (χ0v) is 9.30. The first-order valence-electron chi connectivity index (χ1n) is 5.40. The zero-order chi connectivity index (χ0) is 10.8. The highest BCUT2D eigenvalue weighted by molar-refractivity contribution is 6.31. The Morgan fingerprint density at radius 2 is 1.73 bits per heavy atom. The fourth-order valence-corrected chi connectivity index (χ4v) is 2.75. The lowest BCUT2D eigenvalue weighted by atomic mass is 9.83. The van der Waals surface area contributed by atoms with Gasteiger partial charge in [-0.05, 0) is 24.8 Å². The largest absolute Gasteiger partial charge is 0.508 e. The maximum absolute atomic E-state index is 9.78. The van der Waals surface area contributed by atoms with E-state index in [1.165, 1.54) is 31.4 Å². The molecule has 2 nitrogen and oxygen atoms in total.